The monoisotopic (exact) mass is 343 g/mol. The van der Waals surface area contributed by atoms with Gasteiger partial charge in [-0.05, 0) is 71.9 Å². The van der Waals surface area contributed by atoms with Gasteiger partial charge in [0.2, 0.25) is 0 Å². The van der Waals surface area contributed by atoms with Crippen molar-refractivity contribution in [1.82, 2.24) is 5.32 Å². The van der Waals surface area contributed by atoms with Crippen LogP contribution in [0, 0.1) is 8.99 Å². The smallest absolute Gasteiger partial charge is 0.0165 e. The summed E-state index contributed by atoms with van der Waals surface area (Å²) in [6.07, 6.45) is 3.83. The lowest BCUT2D eigenvalue weighted by molar-refractivity contribution is 0.0241. The Balaban J connectivity index is 2.32. The fourth-order valence-corrected chi connectivity index (χ4v) is 4.39. The molecule has 1 saturated carbocycles. The number of rotatable bonds is 4. The first-order chi connectivity index (χ1) is 8.19. The van der Waals surface area contributed by atoms with Crippen molar-refractivity contribution in [2.75, 3.05) is 7.05 Å². The van der Waals surface area contributed by atoms with Crippen molar-refractivity contribution in [3.05, 3.63) is 33.4 Å². The highest BCUT2D eigenvalue weighted by Gasteiger charge is 2.52. The number of hydrogen-bond donors (Lipinski definition) is 1. The highest BCUT2D eigenvalue weighted by molar-refractivity contribution is 14.1. The first kappa shape index (κ1) is 13.3. The summed E-state index contributed by atoms with van der Waals surface area (Å²) in [6.45, 7) is 4.69. The number of benzene rings is 1. The first-order valence-corrected chi connectivity index (χ1v) is 7.69. The standard InChI is InChI=1S/C15H22IN/c1-4-15(5-2)12(10-14(15)17-3)11-8-6-7-9-13(11)16/h6-9,12,14,17H,4-5,10H2,1-3H3. The van der Waals surface area contributed by atoms with Crippen molar-refractivity contribution in [2.45, 2.75) is 45.1 Å². The normalized spacial score (nSPS) is 26.6. The maximum Gasteiger partial charge on any atom is 0.0165 e. The van der Waals surface area contributed by atoms with E-state index < -0.39 is 0 Å². The Kier molecular flexibility index (Phi) is 4.14. The molecule has 0 saturated heterocycles. The molecular formula is C15H22IN. The van der Waals surface area contributed by atoms with Crippen LogP contribution in [0.1, 0.15) is 44.6 Å². The summed E-state index contributed by atoms with van der Waals surface area (Å²) in [7, 11) is 2.11. The lowest BCUT2D eigenvalue weighted by atomic mass is 9.52. The van der Waals surface area contributed by atoms with Gasteiger partial charge in [0.25, 0.3) is 0 Å². The zero-order valence-corrected chi connectivity index (χ0v) is 13.1. The molecule has 94 valence electrons. The van der Waals surface area contributed by atoms with E-state index in [0.717, 1.165) is 5.92 Å². The Hall–Kier alpha value is -0.0900. The van der Waals surface area contributed by atoms with Crippen LogP contribution in [0.25, 0.3) is 0 Å². The van der Waals surface area contributed by atoms with E-state index in [0.29, 0.717) is 11.5 Å². The third kappa shape index (κ3) is 2.03. The summed E-state index contributed by atoms with van der Waals surface area (Å²) < 4.78 is 1.43. The number of nitrogens with one attached hydrogen (secondary N) is 1. The van der Waals surface area contributed by atoms with Gasteiger partial charge in [-0.2, -0.15) is 0 Å². The Morgan fingerprint density at radius 1 is 1.29 bits per heavy atom. The molecule has 1 nitrogen and oxygen atoms in total. The Morgan fingerprint density at radius 2 is 1.94 bits per heavy atom. The average Bonchev–Trinajstić information content (AvgIpc) is 2.33. The zero-order valence-electron chi connectivity index (χ0n) is 11.0. The largest absolute Gasteiger partial charge is 0.316 e. The van der Waals surface area contributed by atoms with Crippen molar-refractivity contribution in [2.24, 2.45) is 5.41 Å². The van der Waals surface area contributed by atoms with Gasteiger partial charge < -0.3 is 5.32 Å². The maximum absolute atomic E-state index is 3.51. The van der Waals surface area contributed by atoms with Crippen LogP contribution >= 0.6 is 22.6 Å². The number of hydrogen-bond acceptors (Lipinski definition) is 1. The molecule has 1 aromatic rings. The first-order valence-electron chi connectivity index (χ1n) is 6.61. The van der Waals surface area contributed by atoms with Crippen LogP contribution in [0.3, 0.4) is 0 Å². The van der Waals surface area contributed by atoms with Crippen molar-refractivity contribution in [1.29, 1.82) is 0 Å². The molecule has 2 unspecified atom stereocenters. The molecule has 1 aliphatic rings. The minimum atomic E-state index is 0.468. The van der Waals surface area contributed by atoms with E-state index in [9.17, 15) is 0 Å². The molecule has 0 bridgehead atoms. The van der Waals surface area contributed by atoms with Gasteiger partial charge in [0.1, 0.15) is 0 Å². The van der Waals surface area contributed by atoms with Gasteiger partial charge in [-0.25, -0.2) is 0 Å². The zero-order chi connectivity index (χ0) is 12.5. The van der Waals surface area contributed by atoms with Gasteiger partial charge in [-0.1, -0.05) is 32.0 Å². The Labute approximate surface area is 119 Å². The molecule has 0 amide bonds. The van der Waals surface area contributed by atoms with Crippen LogP contribution in [-0.4, -0.2) is 13.1 Å². The highest BCUT2D eigenvalue weighted by atomic mass is 127. The molecule has 0 aliphatic heterocycles. The summed E-state index contributed by atoms with van der Waals surface area (Å²) >= 11 is 2.48. The third-order valence-electron chi connectivity index (χ3n) is 4.80. The Morgan fingerprint density at radius 3 is 2.47 bits per heavy atom. The van der Waals surface area contributed by atoms with Crippen LogP contribution in [0.5, 0.6) is 0 Å². The second-order valence-corrected chi connectivity index (χ2v) is 6.25. The molecule has 17 heavy (non-hydrogen) atoms. The summed E-state index contributed by atoms with van der Waals surface area (Å²) in [5.41, 5.74) is 2.03. The Bertz CT molecular complexity index is 384. The molecule has 2 rings (SSSR count). The molecule has 1 aliphatic carbocycles. The van der Waals surface area contributed by atoms with E-state index in [4.69, 9.17) is 0 Å². The predicted molar refractivity (Wildman–Crippen MR) is 82.4 cm³/mol. The van der Waals surface area contributed by atoms with Crippen molar-refractivity contribution >= 4 is 22.6 Å². The van der Waals surface area contributed by atoms with Gasteiger partial charge in [0.05, 0.1) is 0 Å². The molecule has 0 radical (unpaired) electrons. The quantitative estimate of drug-likeness (QED) is 0.809. The summed E-state index contributed by atoms with van der Waals surface area (Å²) in [6, 6.07) is 9.56. The topological polar surface area (TPSA) is 12.0 Å². The molecule has 1 fully saturated rings. The van der Waals surface area contributed by atoms with Crippen LogP contribution in [0.15, 0.2) is 24.3 Å². The number of halogens is 1. The van der Waals surface area contributed by atoms with Crippen LogP contribution in [-0.2, 0) is 0 Å². The second kappa shape index (κ2) is 5.27. The lowest BCUT2D eigenvalue weighted by Gasteiger charge is -2.56. The van der Waals surface area contributed by atoms with Crippen molar-refractivity contribution < 1.29 is 0 Å². The minimum absolute atomic E-state index is 0.468. The molecule has 0 heterocycles. The van der Waals surface area contributed by atoms with E-state index in [-0.39, 0.29) is 0 Å². The van der Waals surface area contributed by atoms with Crippen molar-refractivity contribution in [3.8, 4) is 0 Å². The fraction of sp³-hybridized carbons (Fsp3) is 0.600. The molecule has 1 aromatic carbocycles. The molecule has 0 aromatic heterocycles. The molecule has 2 heteroatoms. The molecule has 2 atom stereocenters. The summed E-state index contributed by atoms with van der Waals surface area (Å²) in [5.74, 6) is 0.739. The van der Waals surface area contributed by atoms with E-state index in [1.165, 1.54) is 22.8 Å². The third-order valence-corrected chi connectivity index (χ3v) is 5.79. The maximum atomic E-state index is 3.51. The fourth-order valence-electron chi connectivity index (χ4n) is 3.62. The van der Waals surface area contributed by atoms with Gasteiger partial charge in [0.15, 0.2) is 0 Å². The molecule has 1 N–H and O–H groups in total. The van der Waals surface area contributed by atoms with Gasteiger partial charge in [0, 0.05) is 9.61 Å². The molecular weight excluding hydrogens is 321 g/mol. The SMILES string of the molecule is CCC1(CC)C(NC)CC1c1ccccc1I. The summed E-state index contributed by atoms with van der Waals surface area (Å²) in [4.78, 5) is 0. The van der Waals surface area contributed by atoms with Crippen molar-refractivity contribution in [3.63, 3.8) is 0 Å². The lowest BCUT2D eigenvalue weighted by Crippen LogP contribution is -2.57. The van der Waals surface area contributed by atoms with Crippen LogP contribution < -0.4 is 5.32 Å². The highest BCUT2D eigenvalue weighted by Crippen LogP contribution is 2.57. The predicted octanol–water partition coefficient (Wildman–Crippen LogP) is 4.17. The summed E-state index contributed by atoms with van der Waals surface area (Å²) in [5, 5.41) is 3.51. The second-order valence-electron chi connectivity index (χ2n) is 5.09. The molecule has 0 spiro atoms. The van der Waals surface area contributed by atoms with E-state index in [1.807, 2.05) is 0 Å². The van der Waals surface area contributed by atoms with E-state index in [1.54, 1.807) is 5.56 Å². The van der Waals surface area contributed by atoms with E-state index >= 15 is 0 Å². The van der Waals surface area contributed by atoms with Gasteiger partial charge in [-0.3, -0.25) is 0 Å². The minimum Gasteiger partial charge on any atom is -0.316 e. The van der Waals surface area contributed by atoms with Crippen LogP contribution in [0.4, 0.5) is 0 Å². The van der Waals surface area contributed by atoms with Crippen LogP contribution in [0.2, 0.25) is 0 Å². The average molecular weight is 343 g/mol. The van der Waals surface area contributed by atoms with Gasteiger partial charge >= 0.3 is 0 Å². The van der Waals surface area contributed by atoms with E-state index in [2.05, 4.69) is 73.1 Å². The van der Waals surface area contributed by atoms with Gasteiger partial charge in [-0.15, -0.1) is 0 Å².